The minimum absolute atomic E-state index is 0.00590. The van der Waals surface area contributed by atoms with Crippen molar-refractivity contribution in [2.24, 2.45) is 0 Å². The molecule has 0 aliphatic rings. The molecule has 23 heavy (non-hydrogen) atoms. The van der Waals surface area contributed by atoms with Crippen molar-refractivity contribution >= 4 is 40.3 Å². The summed E-state index contributed by atoms with van der Waals surface area (Å²) in [5.41, 5.74) is 0.540. The van der Waals surface area contributed by atoms with E-state index in [0.29, 0.717) is 9.26 Å². The number of pyridine rings is 1. The first-order valence-corrected chi connectivity index (χ1v) is 7.69. The molecule has 1 heterocycles. The number of benzene rings is 1. The van der Waals surface area contributed by atoms with Gasteiger partial charge in [-0.05, 0) is 52.9 Å². The van der Waals surface area contributed by atoms with Crippen LogP contribution < -0.4 is 10.6 Å². The summed E-state index contributed by atoms with van der Waals surface area (Å²) in [5.74, 6) is -1.24. The van der Waals surface area contributed by atoms with Gasteiger partial charge in [0.2, 0.25) is 5.91 Å². The third-order valence-electron chi connectivity index (χ3n) is 2.94. The number of rotatable bonds is 5. The van der Waals surface area contributed by atoms with E-state index >= 15 is 0 Å². The smallest absolute Gasteiger partial charge is 0.405 e. The lowest BCUT2D eigenvalue weighted by Crippen LogP contribution is -2.44. The highest BCUT2D eigenvalue weighted by Gasteiger charge is 2.22. The molecule has 0 saturated heterocycles. The van der Waals surface area contributed by atoms with Gasteiger partial charge in [-0.3, -0.25) is 9.78 Å². The van der Waals surface area contributed by atoms with Crippen LogP contribution in [0.15, 0.2) is 42.6 Å². The summed E-state index contributed by atoms with van der Waals surface area (Å²) in [6.07, 6.45) is 0.263. The number of aromatic nitrogens is 1. The predicted octanol–water partition coefficient (Wildman–Crippen LogP) is 2.64. The van der Waals surface area contributed by atoms with E-state index in [1.165, 1.54) is 12.1 Å². The van der Waals surface area contributed by atoms with E-state index in [0.717, 1.165) is 0 Å². The molecular formula is C15H13FIN3O3. The minimum atomic E-state index is -1.34. The van der Waals surface area contributed by atoms with Crippen LogP contribution in [0.4, 0.5) is 14.9 Å². The lowest BCUT2D eigenvalue weighted by atomic mass is 10.1. The molecule has 6 nitrogen and oxygen atoms in total. The Hall–Kier alpha value is -2.23. The fourth-order valence-corrected chi connectivity index (χ4v) is 2.35. The second-order valence-corrected chi connectivity index (χ2v) is 5.89. The Morgan fingerprint density at radius 2 is 2.09 bits per heavy atom. The first-order valence-electron chi connectivity index (χ1n) is 6.61. The van der Waals surface area contributed by atoms with Gasteiger partial charge in [0.15, 0.2) is 0 Å². The number of carbonyl (C=O) groups is 2. The van der Waals surface area contributed by atoms with Gasteiger partial charge in [-0.25, -0.2) is 9.18 Å². The lowest BCUT2D eigenvalue weighted by Gasteiger charge is -2.16. The van der Waals surface area contributed by atoms with E-state index in [2.05, 4.69) is 15.6 Å². The van der Waals surface area contributed by atoms with E-state index < -0.39 is 23.9 Å². The molecule has 0 radical (unpaired) electrons. The van der Waals surface area contributed by atoms with E-state index in [-0.39, 0.29) is 12.1 Å². The summed E-state index contributed by atoms with van der Waals surface area (Å²) >= 11 is 1.95. The van der Waals surface area contributed by atoms with Crippen LogP contribution in [-0.2, 0) is 11.2 Å². The monoisotopic (exact) mass is 429 g/mol. The molecule has 1 atom stereocenters. The zero-order chi connectivity index (χ0) is 16.8. The van der Waals surface area contributed by atoms with E-state index in [1.807, 2.05) is 22.6 Å². The molecule has 3 N–H and O–H groups in total. The summed E-state index contributed by atoms with van der Waals surface area (Å²) < 4.78 is 14.5. The van der Waals surface area contributed by atoms with Gasteiger partial charge in [0.1, 0.15) is 11.9 Å². The molecule has 0 aliphatic carbocycles. The highest BCUT2D eigenvalue weighted by atomic mass is 127. The van der Waals surface area contributed by atoms with Crippen molar-refractivity contribution in [2.45, 2.75) is 12.5 Å². The zero-order valence-corrected chi connectivity index (χ0v) is 14.0. The SMILES string of the molecule is O=C(O)N[C@@H](Cc1ccccn1)C(=O)Nc1ccc(I)cc1F. The van der Waals surface area contributed by atoms with Gasteiger partial charge in [0.25, 0.3) is 0 Å². The predicted molar refractivity (Wildman–Crippen MR) is 90.6 cm³/mol. The van der Waals surface area contributed by atoms with Crippen LogP contribution in [0.25, 0.3) is 0 Å². The number of carboxylic acid groups (broad SMARTS) is 1. The molecule has 2 aromatic rings. The van der Waals surface area contributed by atoms with Gasteiger partial charge < -0.3 is 15.7 Å². The van der Waals surface area contributed by atoms with E-state index in [9.17, 15) is 14.0 Å². The molecule has 2 amide bonds. The Balaban J connectivity index is 2.14. The van der Waals surface area contributed by atoms with E-state index in [1.54, 1.807) is 30.5 Å². The number of amides is 2. The van der Waals surface area contributed by atoms with Crippen LogP contribution in [0.1, 0.15) is 5.69 Å². The number of anilines is 1. The molecule has 8 heteroatoms. The molecule has 1 aromatic heterocycles. The number of nitrogens with zero attached hydrogens (tertiary/aromatic N) is 1. The number of halogens is 2. The Morgan fingerprint density at radius 3 is 2.70 bits per heavy atom. The largest absolute Gasteiger partial charge is 0.465 e. The van der Waals surface area contributed by atoms with Crippen LogP contribution in [0, 0.1) is 9.39 Å². The normalized spacial score (nSPS) is 11.6. The molecule has 0 fully saturated rings. The Morgan fingerprint density at radius 1 is 1.30 bits per heavy atom. The molecule has 120 valence electrons. The van der Waals surface area contributed by atoms with Crippen LogP contribution in [-0.4, -0.2) is 28.1 Å². The van der Waals surface area contributed by atoms with Gasteiger partial charge in [-0.2, -0.15) is 0 Å². The maximum absolute atomic E-state index is 13.8. The van der Waals surface area contributed by atoms with Crippen molar-refractivity contribution in [1.82, 2.24) is 10.3 Å². The van der Waals surface area contributed by atoms with Gasteiger partial charge in [-0.15, -0.1) is 0 Å². The summed E-state index contributed by atoms with van der Waals surface area (Å²) in [5, 5.41) is 13.4. The van der Waals surface area contributed by atoms with Crippen molar-refractivity contribution in [3.8, 4) is 0 Å². The van der Waals surface area contributed by atoms with Crippen molar-refractivity contribution in [3.05, 3.63) is 57.7 Å². The number of hydrogen-bond acceptors (Lipinski definition) is 3. The second kappa shape index (κ2) is 7.86. The maximum Gasteiger partial charge on any atom is 0.405 e. The summed E-state index contributed by atoms with van der Waals surface area (Å²) in [7, 11) is 0. The molecule has 0 spiro atoms. The number of hydrogen-bond donors (Lipinski definition) is 3. The van der Waals surface area contributed by atoms with Crippen LogP contribution in [0.2, 0.25) is 0 Å². The molecule has 0 unspecified atom stereocenters. The minimum Gasteiger partial charge on any atom is -0.465 e. The Kier molecular flexibility index (Phi) is 5.85. The summed E-state index contributed by atoms with van der Waals surface area (Å²) in [6.45, 7) is 0. The third-order valence-corrected chi connectivity index (χ3v) is 3.61. The van der Waals surface area contributed by atoms with Gasteiger partial charge >= 0.3 is 6.09 Å². The lowest BCUT2D eigenvalue weighted by molar-refractivity contribution is -0.118. The van der Waals surface area contributed by atoms with E-state index in [4.69, 9.17) is 5.11 Å². The van der Waals surface area contributed by atoms with Crippen LogP contribution in [0.5, 0.6) is 0 Å². The second-order valence-electron chi connectivity index (χ2n) is 4.64. The summed E-state index contributed by atoms with van der Waals surface area (Å²) in [6, 6.07) is 8.37. The van der Waals surface area contributed by atoms with Crippen molar-refractivity contribution in [3.63, 3.8) is 0 Å². The highest BCUT2D eigenvalue weighted by molar-refractivity contribution is 14.1. The Labute approximate surface area is 145 Å². The van der Waals surface area contributed by atoms with Crippen molar-refractivity contribution in [2.75, 3.05) is 5.32 Å². The highest BCUT2D eigenvalue weighted by Crippen LogP contribution is 2.17. The standard InChI is InChI=1S/C15H13FIN3O3/c16-11-7-9(17)4-5-12(11)19-14(21)13(20-15(22)23)8-10-3-1-2-6-18-10/h1-7,13,20H,8H2,(H,19,21)(H,22,23)/t13-/m0/s1. The molecule has 0 saturated carbocycles. The Bertz CT molecular complexity index is 712. The maximum atomic E-state index is 13.8. The molecular weight excluding hydrogens is 416 g/mol. The van der Waals surface area contributed by atoms with Gasteiger partial charge in [0.05, 0.1) is 5.69 Å². The van der Waals surface area contributed by atoms with Crippen molar-refractivity contribution in [1.29, 1.82) is 0 Å². The first kappa shape index (κ1) is 17.1. The molecule has 1 aromatic carbocycles. The topological polar surface area (TPSA) is 91.3 Å². The molecule has 0 aliphatic heterocycles. The fourth-order valence-electron chi connectivity index (χ4n) is 1.90. The van der Waals surface area contributed by atoms with Gasteiger partial charge in [0, 0.05) is 21.9 Å². The average Bonchev–Trinajstić information content (AvgIpc) is 2.50. The van der Waals surface area contributed by atoms with Gasteiger partial charge in [-0.1, -0.05) is 6.07 Å². The quantitative estimate of drug-likeness (QED) is 0.638. The zero-order valence-electron chi connectivity index (χ0n) is 11.8. The number of carbonyl (C=O) groups excluding carboxylic acids is 1. The fraction of sp³-hybridized carbons (Fsp3) is 0.133. The summed E-state index contributed by atoms with van der Waals surface area (Å²) in [4.78, 5) is 27.2. The first-order chi connectivity index (χ1) is 11.0. The van der Waals surface area contributed by atoms with Crippen LogP contribution >= 0.6 is 22.6 Å². The van der Waals surface area contributed by atoms with Crippen molar-refractivity contribution < 1.29 is 19.1 Å². The molecule has 2 rings (SSSR count). The molecule has 0 bridgehead atoms. The van der Waals surface area contributed by atoms with Crippen LogP contribution in [0.3, 0.4) is 0 Å². The average molecular weight is 429 g/mol. The number of nitrogens with one attached hydrogen (secondary N) is 2. The third kappa shape index (κ3) is 5.16.